The minimum Gasteiger partial charge on any atom is -0.471 e. The van der Waals surface area contributed by atoms with Crippen molar-refractivity contribution in [1.82, 2.24) is 19.6 Å². The first-order valence-corrected chi connectivity index (χ1v) is 9.58. The first-order chi connectivity index (χ1) is 13.9. The molecule has 0 spiro atoms. The summed E-state index contributed by atoms with van der Waals surface area (Å²) in [6.45, 7) is 3.76. The van der Waals surface area contributed by atoms with Gasteiger partial charge >= 0.3 is 5.82 Å². The lowest BCUT2D eigenvalue weighted by Crippen LogP contribution is -2.20. The molecule has 1 amide bonds. The van der Waals surface area contributed by atoms with Crippen molar-refractivity contribution in [2.24, 2.45) is 0 Å². The summed E-state index contributed by atoms with van der Waals surface area (Å²) < 4.78 is 8.74. The fourth-order valence-electron chi connectivity index (χ4n) is 2.58. The molecule has 0 aliphatic heterocycles. The maximum Gasteiger partial charge on any atom is 0.404 e. The predicted octanol–water partition coefficient (Wildman–Crippen LogP) is 3.30. The van der Waals surface area contributed by atoms with E-state index in [1.807, 2.05) is 24.3 Å². The van der Waals surface area contributed by atoms with Crippen molar-refractivity contribution >= 4 is 33.3 Å². The van der Waals surface area contributed by atoms with Gasteiger partial charge < -0.3 is 20.2 Å². The van der Waals surface area contributed by atoms with Crippen LogP contribution in [-0.2, 0) is 24.5 Å². The molecule has 2 heterocycles. The average Bonchev–Trinajstić information content (AvgIpc) is 3.26. The first-order valence-electron chi connectivity index (χ1n) is 8.78. The molecule has 0 atom stereocenters. The van der Waals surface area contributed by atoms with E-state index < -0.39 is 4.92 Å². The third-order valence-corrected chi connectivity index (χ3v) is 5.12. The zero-order valence-electron chi connectivity index (χ0n) is 15.8. The minimum atomic E-state index is -0.606. The number of nitrogens with zero attached hydrogens (tertiary/aromatic N) is 5. The second kappa shape index (κ2) is 8.86. The monoisotopic (exact) mass is 462 g/mol. The van der Waals surface area contributed by atoms with E-state index in [2.05, 4.69) is 38.4 Å². The standard InChI is InChI=1S/C18H19BrN6O4/c1-3-13-4-6-15(7-5-13)29-11-23-9-14(8-20-23)21-16(26)10-24-12(2)17(19)18(22-24)25(27)28/h4-9H,3,10-11H2,1-2H3,(H,21,26). The molecular weight excluding hydrogens is 444 g/mol. The fourth-order valence-corrected chi connectivity index (χ4v) is 3.01. The molecule has 152 valence electrons. The normalized spacial score (nSPS) is 10.7. The predicted molar refractivity (Wildman–Crippen MR) is 109 cm³/mol. The van der Waals surface area contributed by atoms with Crippen LogP contribution in [0.15, 0.2) is 41.1 Å². The summed E-state index contributed by atoms with van der Waals surface area (Å²) in [5, 5.41) is 21.6. The number of halogens is 1. The Morgan fingerprint density at radius 1 is 1.34 bits per heavy atom. The molecule has 11 heteroatoms. The van der Waals surface area contributed by atoms with E-state index in [-0.39, 0.29) is 29.5 Å². The molecule has 2 aromatic heterocycles. The Morgan fingerprint density at radius 3 is 2.69 bits per heavy atom. The first kappa shape index (κ1) is 20.5. The number of ether oxygens (including phenoxy) is 1. The molecule has 0 saturated heterocycles. The summed E-state index contributed by atoms with van der Waals surface area (Å²) in [6, 6.07) is 7.80. The van der Waals surface area contributed by atoms with E-state index >= 15 is 0 Å². The third kappa shape index (κ3) is 4.99. The molecular formula is C18H19BrN6O4. The van der Waals surface area contributed by atoms with Gasteiger partial charge in [0.1, 0.15) is 16.8 Å². The van der Waals surface area contributed by atoms with Crippen molar-refractivity contribution < 1.29 is 14.5 Å². The Labute approximate surface area is 174 Å². The Bertz CT molecular complexity index is 1030. The average molecular weight is 463 g/mol. The molecule has 0 aliphatic carbocycles. The van der Waals surface area contributed by atoms with Gasteiger partial charge in [-0.15, -0.1) is 0 Å². The van der Waals surface area contributed by atoms with Gasteiger partial charge in [0.25, 0.3) is 0 Å². The zero-order chi connectivity index (χ0) is 21.0. The van der Waals surface area contributed by atoms with Crippen molar-refractivity contribution in [3.05, 3.63) is 62.5 Å². The van der Waals surface area contributed by atoms with E-state index in [9.17, 15) is 14.9 Å². The number of anilines is 1. The summed E-state index contributed by atoms with van der Waals surface area (Å²) in [7, 11) is 0. The van der Waals surface area contributed by atoms with Gasteiger partial charge in [0, 0.05) is 0 Å². The van der Waals surface area contributed by atoms with Crippen LogP contribution in [0.3, 0.4) is 0 Å². The van der Waals surface area contributed by atoms with Crippen LogP contribution in [0.25, 0.3) is 0 Å². The van der Waals surface area contributed by atoms with Gasteiger partial charge in [0.05, 0.1) is 28.9 Å². The molecule has 1 N–H and O–H groups in total. The highest BCUT2D eigenvalue weighted by Gasteiger charge is 2.24. The number of aryl methyl sites for hydroxylation is 1. The zero-order valence-corrected chi connectivity index (χ0v) is 17.4. The quantitative estimate of drug-likeness (QED) is 0.405. The van der Waals surface area contributed by atoms with Gasteiger partial charge in [-0.2, -0.15) is 9.78 Å². The van der Waals surface area contributed by atoms with Crippen LogP contribution < -0.4 is 10.1 Å². The number of carbonyl (C=O) groups is 1. The number of rotatable bonds is 8. The number of hydrogen-bond acceptors (Lipinski definition) is 6. The number of aromatic nitrogens is 4. The van der Waals surface area contributed by atoms with Crippen LogP contribution in [0.2, 0.25) is 0 Å². The maximum absolute atomic E-state index is 12.2. The lowest BCUT2D eigenvalue weighted by atomic mass is 10.2. The van der Waals surface area contributed by atoms with E-state index in [0.717, 1.165) is 12.2 Å². The largest absolute Gasteiger partial charge is 0.471 e. The van der Waals surface area contributed by atoms with E-state index in [0.29, 0.717) is 11.4 Å². The van der Waals surface area contributed by atoms with Crippen molar-refractivity contribution in [2.75, 3.05) is 5.32 Å². The van der Waals surface area contributed by atoms with Gasteiger partial charge in [-0.1, -0.05) is 19.1 Å². The third-order valence-electron chi connectivity index (χ3n) is 4.19. The van der Waals surface area contributed by atoms with Gasteiger partial charge in [0.15, 0.2) is 6.73 Å². The van der Waals surface area contributed by atoms with Gasteiger partial charge in [-0.3, -0.25) is 4.79 Å². The number of nitro groups is 1. The molecule has 1 aromatic carbocycles. The van der Waals surface area contributed by atoms with Crippen LogP contribution >= 0.6 is 15.9 Å². The molecule has 3 aromatic rings. The number of carbonyl (C=O) groups excluding carboxylic acids is 1. The molecule has 29 heavy (non-hydrogen) atoms. The minimum absolute atomic E-state index is 0.163. The summed E-state index contributed by atoms with van der Waals surface area (Å²) in [5.41, 5.74) is 2.20. The van der Waals surface area contributed by atoms with E-state index in [4.69, 9.17) is 4.74 Å². The highest BCUT2D eigenvalue weighted by atomic mass is 79.9. The SMILES string of the molecule is CCc1ccc(OCn2cc(NC(=O)Cn3nc([N+](=O)[O-])c(Br)c3C)cn2)cc1. The molecule has 10 nitrogen and oxygen atoms in total. The Kier molecular flexibility index (Phi) is 6.27. The summed E-state index contributed by atoms with van der Waals surface area (Å²) in [6.07, 6.45) is 4.09. The molecule has 0 bridgehead atoms. The summed E-state index contributed by atoms with van der Waals surface area (Å²) in [5.74, 6) is 0.0190. The molecule has 0 radical (unpaired) electrons. The van der Waals surface area contributed by atoms with Crippen molar-refractivity contribution in [2.45, 2.75) is 33.5 Å². The number of amides is 1. The van der Waals surface area contributed by atoms with Crippen LogP contribution in [0, 0.1) is 17.0 Å². The highest BCUT2D eigenvalue weighted by molar-refractivity contribution is 9.10. The number of benzene rings is 1. The van der Waals surface area contributed by atoms with Crippen LogP contribution in [0.1, 0.15) is 18.2 Å². The van der Waals surface area contributed by atoms with Crippen molar-refractivity contribution in [3.63, 3.8) is 0 Å². The second-order valence-electron chi connectivity index (χ2n) is 6.23. The Morgan fingerprint density at radius 2 is 2.07 bits per heavy atom. The van der Waals surface area contributed by atoms with Crippen molar-refractivity contribution in [3.8, 4) is 5.75 Å². The second-order valence-corrected chi connectivity index (χ2v) is 7.02. The van der Waals surface area contributed by atoms with Gasteiger partial charge in [-0.05, 0) is 51.9 Å². The maximum atomic E-state index is 12.2. The molecule has 0 fully saturated rings. The van der Waals surface area contributed by atoms with Crippen LogP contribution in [0.4, 0.5) is 11.5 Å². The molecule has 0 aliphatic rings. The molecule has 3 rings (SSSR count). The Hall–Kier alpha value is -3.21. The van der Waals surface area contributed by atoms with E-state index in [1.165, 1.54) is 16.4 Å². The van der Waals surface area contributed by atoms with Gasteiger partial charge in [-0.25, -0.2) is 4.68 Å². The Balaban J connectivity index is 1.56. The summed E-state index contributed by atoms with van der Waals surface area (Å²) >= 11 is 3.12. The van der Waals surface area contributed by atoms with Gasteiger partial charge in [0.2, 0.25) is 5.91 Å². The summed E-state index contributed by atoms with van der Waals surface area (Å²) in [4.78, 5) is 22.6. The number of hydrogen-bond donors (Lipinski definition) is 1. The fraction of sp³-hybridized carbons (Fsp3) is 0.278. The van der Waals surface area contributed by atoms with Crippen LogP contribution in [-0.4, -0.2) is 30.4 Å². The van der Waals surface area contributed by atoms with Crippen LogP contribution in [0.5, 0.6) is 5.75 Å². The molecule has 0 unspecified atom stereocenters. The van der Waals surface area contributed by atoms with E-state index in [1.54, 1.807) is 17.8 Å². The number of nitrogens with one attached hydrogen (secondary N) is 1. The lowest BCUT2D eigenvalue weighted by molar-refractivity contribution is -0.390. The smallest absolute Gasteiger partial charge is 0.404 e. The molecule has 0 saturated carbocycles. The lowest BCUT2D eigenvalue weighted by Gasteiger charge is -2.06. The van der Waals surface area contributed by atoms with Crippen molar-refractivity contribution in [1.29, 1.82) is 0 Å². The topological polar surface area (TPSA) is 117 Å². The highest BCUT2D eigenvalue weighted by Crippen LogP contribution is 2.26.